The Morgan fingerprint density at radius 2 is 2.07 bits per heavy atom. The zero-order valence-electron chi connectivity index (χ0n) is 16.2. The van der Waals surface area contributed by atoms with Crippen LogP contribution in [0.25, 0.3) is 0 Å². The summed E-state index contributed by atoms with van der Waals surface area (Å²) in [5.41, 5.74) is 1.93. The molecule has 0 aliphatic carbocycles. The van der Waals surface area contributed by atoms with Crippen molar-refractivity contribution in [2.75, 3.05) is 40.3 Å². The fourth-order valence-electron chi connectivity index (χ4n) is 3.69. The fourth-order valence-corrected chi connectivity index (χ4v) is 3.69. The van der Waals surface area contributed by atoms with Gasteiger partial charge in [-0.2, -0.15) is 10.2 Å². The van der Waals surface area contributed by atoms with E-state index in [4.69, 9.17) is 4.74 Å². The van der Waals surface area contributed by atoms with Gasteiger partial charge in [0.05, 0.1) is 25.1 Å². The van der Waals surface area contributed by atoms with E-state index in [1.165, 1.54) is 24.6 Å². The van der Waals surface area contributed by atoms with Crippen LogP contribution in [-0.4, -0.2) is 66.2 Å². The van der Waals surface area contributed by atoms with Crippen molar-refractivity contribution in [2.45, 2.75) is 19.3 Å². The molecule has 0 bridgehead atoms. The lowest BCUT2D eigenvalue weighted by molar-refractivity contribution is 0.0730. The lowest BCUT2D eigenvalue weighted by Gasteiger charge is -2.34. The molecule has 1 aliphatic rings. The number of ether oxygens (including phenoxy) is 1. The molecule has 3 rings (SSSR count). The molecule has 2 heterocycles. The van der Waals surface area contributed by atoms with E-state index in [0.29, 0.717) is 11.5 Å². The van der Waals surface area contributed by atoms with E-state index in [1.807, 2.05) is 24.1 Å². The van der Waals surface area contributed by atoms with E-state index in [9.17, 15) is 4.79 Å². The van der Waals surface area contributed by atoms with Gasteiger partial charge in [-0.05, 0) is 55.5 Å². The van der Waals surface area contributed by atoms with E-state index >= 15 is 0 Å². The highest BCUT2D eigenvalue weighted by molar-refractivity contribution is 5.93. The van der Waals surface area contributed by atoms with E-state index < -0.39 is 0 Å². The van der Waals surface area contributed by atoms with E-state index in [2.05, 4.69) is 27.2 Å². The van der Waals surface area contributed by atoms with Gasteiger partial charge in [0.2, 0.25) is 0 Å². The number of benzene rings is 1. The predicted molar refractivity (Wildman–Crippen MR) is 105 cm³/mol. The minimum absolute atomic E-state index is 0.0141. The third-order valence-electron chi connectivity index (χ3n) is 5.19. The van der Waals surface area contributed by atoms with Crippen molar-refractivity contribution in [1.29, 1.82) is 0 Å². The summed E-state index contributed by atoms with van der Waals surface area (Å²) < 4.78 is 5.22. The first kappa shape index (κ1) is 19.3. The quantitative estimate of drug-likeness (QED) is 0.752. The number of carbonyl (C=O) groups excluding carboxylic acids is 1. The lowest BCUT2D eigenvalue weighted by atomic mass is 9.97. The molecule has 0 N–H and O–H groups in total. The SMILES string of the molecule is COc1ccc(CCN2CCC[C@@H](CN(C)C(=O)c3ccnnc3)C2)cc1. The summed E-state index contributed by atoms with van der Waals surface area (Å²) in [7, 11) is 3.56. The number of likely N-dealkylation sites (tertiary alicyclic amines) is 1. The average molecular weight is 368 g/mol. The molecule has 0 radical (unpaired) electrons. The Morgan fingerprint density at radius 3 is 2.78 bits per heavy atom. The zero-order valence-corrected chi connectivity index (χ0v) is 16.2. The number of methoxy groups -OCH3 is 1. The van der Waals surface area contributed by atoms with Crippen LogP contribution in [0.2, 0.25) is 0 Å². The van der Waals surface area contributed by atoms with Gasteiger partial charge < -0.3 is 14.5 Å². The maximum atomic E-state index is 12.5. The van der Waals surface area contributed by atoms with Crippen LogP contribution in [0.1, 0.15) is 28.8 Å². The smallest absolute Gasteiger partial charge is 0.255 e. The summed E-state index contributed by atoms with van der Waals surface area (Å²) in [5, 5.41) is 7.53. The minimum Gasteiger partial charge on any atom is -0.497 e. The van der Waals surface area contributed by atoms with Gasteiger partial charge in [0.25, 0.3) is 5.91 Å². The number of hydrogen-bond donors (Lipinski definition) is 0. The van der Waals surface area contributed by atoms with Crippen LogP contribution in [0.4, 0.5) is 0 Å². The number of piperidine rings is 1. The average Bonchev–Trinajstić information content (AvgIpc) is 2.73. The van der Waals surface area contributed by atoms with Gasteiger partial charge in [-0.3, -0.25) is 4.79 Å². The molecule has 2 aromatic rings. The molecular weight excluding hydrogens is 340 g/mol. The minimum atomic E-state index is 0.0141. The second-order valence-electron chi connectivity index (χ2n) is 7.22. The number of nitrogens with zero attached hydrogens (tertiary/aromatic N) is 4. The molecule has 0 saturated carbocycles. The molecule has 27 heavy (non-hydrogen) atoms. The van der Waals surface area contributed by atoms with Crippen LogP contribution < -0.4 is 4.74 Å². The number of carbonyl (C=O) groups is 1. The highest BCUT2D eigenvalue weighted by Gasteiger charge is 2.23. The summed E-state index contributed by atoms with van der Waals surface area (Å²) in [6.07, 6.45) is 6.48. The third kappa shape index (κ3) is 5.50. The molecule has 1 aliphatic heterocycles. The summed E-state index contributed by atoms with van der Waals surface area (Å²) in [4.78, 5) is 16.8. The van der Waals surface area contributed by atoms with Crippen LogP contribution in [0.5, 0.6) is 5.75 Å². The van der Waals surface area contributed by atoms with Crippen LogP contribution >= 0.6 is 0 Å². The van der Waals surface area contributed by atoms with E-state index in [0.717, 1.165) is 38.3 Å². The maximum Gasteiger partial charge on any atom is 0.255 e. The van der Waals surface area contributed by atoms with Crippen molar-refractivity contribution >= 4 is 5.91 Å². The normalized spacial score (nSPS) is 17.5. The molecule has 0 unspecified atom stereocenters. The second-order valence-corrected chi connectivity index (χ2v) is 7.22. The number of amides is 1. The Hall–Kier alpha value is -2.47. The van der Waals surface area contributed by atoms with Gasteiger partial charge in [0.15, 0.2) is 0 Å². The molecule has 1 amide bonds. The van der Waals surface area contributed by atoms with E-state index in [-0.39, 0.29) is 5.91 Å². The summed E-state index contributed by atoms with van der Waals surface area (Å²) in [6.45, 7) is 4.01. The summed E-state index contributed by atoms with van der Waals surface area (Å²) >= 11 is 0. The molecule has 1 aromatic carbocycles. The molecule has 0 spiro atoms. The monoisotopic (exact) mass is 368 g/mol. The first-order valence-electron chi connectivity index (χ1n) is 9.53. The Kier molecular flexibility index (Phi) is 6.76. The van der Waals surface area contributed by atoms with Gasteiger partial charge >= 0.3 is 0 Å². The largest absolute Gasteiger partial charge is 0.497 e. The molecule has 1 atom stereocenters. The van der Waals surface area contributed by atoms with Gasteiger partial charge in [-0.25, -0.2) is 0 Å². The van der Waals surface area contributed by atoms with Crippen LogP contribution in [0, 0.1) is 5.92 Å². The van der Waals surface area contributed by atoms with Gasteiger partial charge in [-0.1, -0.05) is 12.1 Å². The number of aromatic nitrogens is 2. The Balaban J connectivity index is 1.47. The highest BCUT2D eigenvalue weighted by atomic mass is 16.5. The lowest BCUT2D eigenvalue weighted by Crippen LogP contribution is -2.42. The standard InChI is InChI=1S/C21H28N4O2/c1-24(21(26)19-9-11-22-23-14-19)15-18-4-3-12-25(16-18)13-10-17-5-7-20(27-2)8-6-17/h5-9,11,14,18H,3-4,10,12-13,15-16H2,1-2H3/t18-/m0/s1. The highest BCUT2D eigenvalue weighted by Crippen LogP contribution is 2.19. The molecule has 144 valence electrons. The number of rotatable bonds is 7. The van der Waals surface area contributed by atoms with Crippen molar-refractivity contribution in [1.82, 2.24) is 20.0 Å². The maximum absolute atomic E-state index is 12.5. The first-order chi connectivity index (χ1) is 13.2. The summed E-state index contributed by atoms with van der Waals surface area (Å²) in [5.74, 6) is 1.42. The van der Waals surface area contributed by atoms with E-state index in [1.54, 1.807) is 19.4 Å². The topological polar surface area (TPSA) is 58.6 Å². The molecule has 1 fully saturated rings. The molecular formula is C21H28N4O2. The zero-order chi connectivity index (χ0) is 19.1. The van der Waals surface area contributed by atoms with Crippen LogP contribution in [0.15, 0.2) is 42.7 Å². The molecule has 1 saturated heterocycles. The van der Waals surface area contributed by atoms with Crippen LogP contribution in [-0.2, 0) is 6.42 Å². The van der Waals surface area contributed by atoms with Gasteiger partial charge in [0.1, 0.15) is 5.75 Å². The Bertz CT molecular complexity index is 721. The number of hydrogen-bond acceptors (Lipinski definition) is 5. The van der Waals surface area contributed by atoms with Crippen LogP contribution in [0.3, 0.4) is 0 Å². The molecule has 6 nitrogen and oxygen atoms in total. The molecule has 1 aromatic heterocycles. The van der Waals surface area contributed by atoms with Crippen molar-refractivity contribution in [3.63, 3.8) is 0 Å². The first-order valence-corrected chi connectivity index (χ1v) is 9.53. The summed E-state index contributed by atoms with van der Waals surface area (Å²) in [6, 6.07) is 10.0. The fraction of sp³-hybridized carbons (Fsp3) is 0.476. The van der Waals surface area contributed by atoms with Gasteiger partial charge in [-0.15, -0.1) is 0 Å². The van der Waals surface area contributed by atoms with Crippen molar-refractivity contribution < 1.29 is 9.53 Å². The molecule has 6 heteroatoms. The Labute approximate surface area is 161 Å². The third-order valence-corrected chi connectivity index (χ3v) is 5.19. The van der Waals surface area contributed by atoms with Crippen molar-refractivity contribution in [3.05, 3.63) is 53.9 Å². The van der Waals surface area contributed by atoms with Gasteiger partial charge in [0, 0.05) is 26.7 Å². The predicted octanol–water partition coefficient (Wildman–Crippen LogP) is 2.51. The van der Waals surface area contributed by atoms with Crippen molar-refractivity contribution in [2.24, 2.45) is 5.92 Å². The Morgan fingerprint density at radius 1 is 1.26 bits per heavy atom. The second kappa shape index (κ2) is 9.46. The van der Waals surface area contributed by atoms with Crippen molar-refractivity contribution in [3.8, 4) is 5.75 Å².